The number of carboxylic acid groups (broad SMARTS) is 2. The Morgan fingerprint density at radius 2 is 1.74 bits per heavy atom. The number of hydrogen-bond acceptors (Lipinski definition) is 9. The molecule has 0 aliphatic carbocycles. The largest absolute Gasteiger partial charge is 0.480 e. The number of anilines is 2. The lowest BCUT2D eigenvalue weighted by Crippen LogP contribution is -2.36. The number of nitrogen functional groups attached to an aromatic ring is 2. The van der Waals surface area contributed by atoms with Crippen LogP contribution in [0.4, 0.5) is 11.8 Å². The lowest BCUT2D eigenvalue weighted by atomic mass is 10.1. The summed E-state index contributed by atoms with van der Waals surface area (Å²) in [4.78, 5) is 47.2. The third-order valence-corrected chi connectivity index (χ3v) is 4.33. The first kappa shape index (κ1) is 28.4. The van der Waals surface area contributed by atoms with Crippen LogP contribution in [0.15, 0.2) is 48.7 Å². The number of amides is 1. The van der Waals surface area contributed by atoms with Crippen molar-refractivity contribution in [1.82, 2.24) is 25.3 Å². The summed E-state index contributed by atoms with van der Waals surface area (Å²) in [5.41, 5.74) is 14.1. The minimum Gasteiger partial charge on any atom is -0.480 e. The molecule has 12 nitrogen and oxygen atoms in total. The van der Waals surface area contributed by atoms with Crippen LogP contribution >= 0.6 is 0 Å². The van der Waals surface area contributed by atoms with E-state index in [1.807, 2.05) is 37.4 Å². The maximum atomic E-state index is 10.4. The molecule has 2 aromatic heterocycles. The third kappa shape index (κ3) is 9.42. The predicted octanol–water partition coefficient (Wildman–Crippen LogP) is 1.61. The number of aromatic nitrogens is 4. The normalized spacial score (nSPS) is 10.6. The number of aliphatic carboxylic acids is 2. The van der Waals surface area contributed by atoms with Crippen LogP contribution in [0.2, 0.25) is 0 Å². The standard InChI is InChI=1S/C14H14N6.C7H9NO5.C2H6/c15-12-11-13(20-14(16)19-12)17-8-10(18-11)7-6-9-4-2-1-3-5-9;1-4(6(10)11)2-5(7(12)13)8-3-9;1-2/h1-5,8H,6-7H2,(H4,15,16,17,19,20);3,5H,1-2H2,(H,8,9)(H,10,11)(H,12,13);1-2H3. The summed E-state index contributed by atoms with van der Waals surface area (Å²) in [6.07, 6.45) is 3.28. The van der Waals surface area contributed by atoms with Gasteiger partial charge in [-0.2, -0.15) is 9.97 Å². The topological polar surface area (TPSA) is 207 Å². The van der Waals surface area contributed by atoms with Crippen molar-refractivity contribution in [3.63, 3.8) is 0 Å². The maximum absolute atomic E-state index is 10.4. The van der Waals surface area contributed by atoms with E-state index in [0.29, 0.717) is 11.2 Å². The Kier molecular flexibility index (Phi) is 11.8. The Labute approximate surface area is 202 Å². The van der Waals surface area contributed by atoms with E-state index in [-0.39, 0.29) is 30.2 Å². The second-order valence-corrected chi connectivity index (χ2v) is 6.77. The number of benzene rings is 1. The molecule has 3 aromatic rings. The zero-order chi connectivity index (χ0) is 26.4. The fourth-order valence-electron chi connectivity index (χ4n) is 2.65. The van der Waals surface area contributed by atoms with Gasteiger partial charge in [0, 0.05) is 12.0 Å². The maximum Gasteiger partial charge on any atom is 0.331 e. The second kappa shape index (κ2) is 14.5. The van der Waals surface area contributed by atoms with Gasteiger partial charge in [-0.25, -0.2) is 19.6 Å². The average Bonchev–Trinajstić information content (AvgIpc) is 2.84. The van der Waals surface area contributed by atoms with Crippen LogP contribution in [0.25, 0.3) is 11.2 Å². The number of carboxylic acids is 2. The minimum atomic E-state index is -1.30. The van der Waals surface area contributed by atoms with Gasteiger partial charge in [-0.3, -0.25) is 4.79 Å². The molecule has 3 rings (SSSR count). The van der Waals surface area contributed by atoms with Crippen molar-refractivity contribution in [2.24, 2.45) is 0 Å². The smallest absolute Gasteiger partial charge is 0.331 e. The van der Waals surface area contributed by atoms with Crippen LogP contribution in [-0.4, -0.2) is 54.5 Å². The van der Waals surface area contributed by atoms with Crippen LogP contribution in [0.3, 0.4) is 0 Å². The molecule has 0 aliphatic rings. The van der Waals surface area contributed by atoms with Gasteiger partial charge in [0.1, 0.15) is 6.04 Å². The number of nitrogens with one attached hydrogen (secondary N) is 1. The molecule has 0 radical (unpaired) electrons. The highest BCUT2D eigenvalue weighted by molar-refractivity contribution is 5.88. The molecule has 0 saturated carbocycles. The molecule has 7 N–H and O–H groups in total. The molecule has 1 amide bonds. The zero-order valence-electron chi connectivity index (χ0n) is 19.5. The van der Waals surface area contributed by atoms with Gasteiger partial charge < -0.3 is 27.0 Å². The number of carbonyl (C=O) groups excluding carboxylic acids is 1. The molecule has 1 atom stereocenters. The fraction of sp³-hybridized carbons (Fsp3) is 0.261. The molecule has 1 unspecified atom stereocenters. The summed E-state index contributed by atoms with van der Waals surface area (Å²) < 4.78 is 0. The number of rotatable bonds is 9. The summed E-state index contributed by atoms with van der Waals surface area (Å²) in [6, 6.07) is 8.99. The Morgan fingerprint density at radius 3 is 2.31 bits per heavy atom. The first-order valence-electron chi connectivity index (χ1n) is 10.6. The Balaban J connectivity index is 0.000000357. The van der Waals surface area contributed by atoms with Crippen molar-refractivity contribution in [3.8, 4) is 0 Å². The summed E-state index contributed by atoms with van der Waals surface area (Å²) in [5, 5.41) is 18.8. The quantitative estimate of drug-likeness (QED) is 0.218. The molecular formula is C23H29N7O5. The highest BCUT2D eigenvalue weighted by Crippen LogP contribution is 2.15. The van der Waals surface area contributed by atoms with Gasteiger partial charge in [0.2, 0.25) is 12.4 Å². The zero-order valence-corrected chi connectivity index (χ0v) is 19.5. The number of fused-ring (bicyclic) bond motifs is 1. The van der Waals surface area contributed by atoms with Crippen LogP contribution in [0.1, 0.15) is 31.5 Å². The van der Waals surface area contributed by atoms with Crippen molar-refractivity contribution in [2.75, 3.05) is 11.5 Å². The first-order chi connectivity index (χ1) is 16.7. The SMILES string of the molecule is C=C(CC(NC=O)C(=O)O)C(=O)O.CC.Nc1nc(N)c2nc(CCc3ccccc3)cnc2n1. The van der Waals surface area contributed by atoms with Gasteiger partial charge in [-0.15, -0.1) is 0 Å². The highest BCUT2D eigenvalue weighted by atomic mass is 16.4. The molecule has 0 saturated heterocycles. The van der Waals surface area contributed by atoms with E-state index in [4.69, 9.17) is 21.7 Å². The van der Waals surface area contributed by atoms with Crippen molar-refractivity contribution in [3.05, 3.63) is 59.9 Å². The van der Waals surface area contributed by atoms with Gasteiger partial charge in [-0.1, -0.05) is 50.8 Å². The first-order valence-corrected chi connectivity index (χ1v) is 10.6. The van der Waals surface area contributed by atoms with Crippen molar-refractivity contribution < 1.29 is 24.6 Å². The number of aryl methyl sites for hydroxylation is 2. The number of hydrogen-bond donors (Lipinski definition) is 5. The lowest BCUT2D eigenvalue weighted by molar-refractivity contribution is -0.140. The van der Waals surface area contributed by atoms with Crippen LogP contribution in [0, 0.1) is 0 Å². The van der Waals surface area contributed by atoms with Gasteiger partial charge in [0.25, 0.3) is 0 Å². The Bertz CT molecular complexity index is 1160. The molecule has 0 bridgehead atoms. The van der Waals surface area contributed by atoms with E-state index in [2.05, 4.69) is 38.6 Å². The molecule has 12 heteroatoms. The molecular weight excluding hydrogens is 454 g/mol. The lowest BCUT2D eigenvalue weighted by Gasteiger charge is -2.09. The molecule has 0 aliphatic heterocycles. The van der Waals surface area contributed by atoms with Gasteiger partial charge in [0.15, 0.2) is 17.0 Å². The van der Waals surface area contributed by atoms with E-state index in [1.54, 1.807) is 6.20 Å². The van der Waals surface area contributed by atoms with Gasteiger partial charge >= 0.3 is 11.9 Å². The fourth-order valence-corrected chi connectivity index (χ4v) is 2.65. The Morgan fingerprint density at radius 1 is 1.09 bits per heavy atom. The molecule has 2 heterocycles. The predicted molar refractivity (Wildman–Crippen MR) is 131 cm³/mol. The van der Waals surface area contributed by atoms with Crippen LogP contribution < -0.4 is 16.8 Å². The van der Waals surface area contributed by atoms with Crippen LogP contribution in [-0.2, 0) is 27.2 Å². The van der Waals surface area contributed by atoms with Crippen LogP contribution in [0.5, 0.6) is 0 Å². The summed E-state index contributed by atoms with van der Waals surface area (Å²) in [7, 11) is 0. The number of nitrogens with two attached hydrogens (primary N) is 2. The van der Waals surface area contributed by atoms with Crippen molar-refractivity contribution in [2.45, 2.75) is 39.2 Å². The second-order valence-electron chi connectivity index (χ2n) is 6.77. The number of nitrogens with zero attached hydrogens (tertiary/aromatic N) is 4. The van der Waals surface area contributed by atoms with E-state index in [1.165, 1.54) is 5.56 Å². The average molecular weight is 484 g/mol. The van der Waals surface area contributed by atoms with E-state index in [9.17, 15) is 14.4 Å². The minimum absolute atomic E-state index is 0.112. The molecule has 35 heavy (non-hydrogen) atoms. The Hall–Kier alpha value is -4.61. The molecule has 0 spiro atoms. The van der Waals surface area contributed by atoms with Gasteiger partial charge in [0.05, 0.1) is 11.9 Å². The van der Waals surface area contributed by atoms with Crippen molar-refractivity contribution in [1.29, 1.82) is 0 Å². The number of carbonyl (C=O) groups is 3. The molecule has 186 valence electrons. The summed E-state index contributed by atoms with van der Waals surface area (Å²) >= 11 is 0. The van der Waals surface area contributed by atoms with E-state index < -0.39 is 18.0 Å². The summed E-state index contributed by atoms with van der Waals surface area (Å²) in [6.45, 7) is 7.14. The van der Waals surface area contributed by atoms with Crippen molar-refractivity contribution >= 4 is 41.3 Å². The molecule has 0 fully saturated rings. The molecule has 1 aromatic carbocycles. The highest BCUT2D eigenvalue weighted by Gasteiger charge is 2.19. The monoisotopic (exact) mass is 483 g/mol. The summed E-state index contributed by atoms with van der Waals surface area (Å²) in [5.74, 6) is -2.20. The van der Waals surface area contributed by atoms with E-state index >= 15 is 0 Å². The van der Waals surface area contributed by atoms with E-state index in [0.717, 1.165) is 18.5 Å². The van der Waals surface area contributed by atoms with Gasteiger partial charge in [-0.05, 0) is 18.4 Å². The third-order valence-electron chi connectivity index (χ3n) is 4.33.